The maximum Gasteiger partial charge on any atom is 0.240 e. The Kier molecular flexibility index (Phi) is 4.72. The van der Waals surface area contributed by atoms with Crippen molar-refractivity contribution in [1.29, 1.82) is 0 Å². The second-order valence-corrected chi connectivity index (χ2v) is 8.02. The summed E-state index contributed by atoms with van der Waals surface area (Å²) in [6, 6.07) is 10.6. The van der Waals surface area contributed by atoms with Gasteiger partial charge in [-0.15, -0.1) is 0 Å². The number of benzene rings is 1. The van der Waals surface area contributed by atoms with Crippen LogP contribution >= 0.6 is 0 Å². The van der Waals surface area contributed by atoms with Crippen LogP contribution in [0.25, 0.3) is 0 Å². The molecule has 5 rings (SSSR count). The molecule has 0 radical (unpaired) electrons. The van der Waals surface area contributed by atoms with E-state index in [1.807, 2.05) is 18.2 Å². The van der Waals surface area contributed by atoms with Gasteiger partial charge in [-0.3, -0.25) is 4.90 Å². The second-order valence-electron chi connectivity index (χ2n) is 8.02. The number of imidazole rings is 1. The van der Waals surface area contributed by atoms with Gasteiger partial charge in [-0.05, 0) is 50.6 Å². The minimum atomic E-state index is 0.347. The molecule has 1 aromatic carbocycles. The van der Waals surface area contributed by atoms with Gasteiger partial charge in [0, 0.05) is 19.2 Å². The first-order chi connectivity index (χ1) is 13.8. The van der Waals surface area contributed by atoms with Crippen LogP contribution in [0.4, 0.5) is 0 Å². The van der Waals surface area contributed by atoms with Gasteiger partial charge in [0.25, 0.3) is 0 Å². The van der Waals surface area contributed by atoms with Crippen LogP contribution in [-0.4, -0.2) is 31.1 Å². The molecule has 0 saturated carbocycles. The fourth-order valence-corrected chi connectivity index (χ4v) is 4.69. The highest BCUT2D eigenvalue weighted by atomic mass is 16.5. The van der Waals surface area contributed by atoms with Gasteiger partial charge in [0.2, 0.25) is 5.89 Å². The zero-order valence-corrected chi connectivity index (χ0v) is 16.5. The molecule has 1 fully saturated rings. The Morgan fingerprint density at radius 1 is 1.07 bits per heavy atom. The van der Waals surface area contributed by atoms with Crippen LogP contribution in [0.5, 0.6) is 0 Å². The molecule has 146 valence electrons. The quantitative estimate of drug-likeness (QED) is 0.680. The van der Waals surface area contributed by atoms with Crippen molar-refractivity contribution in [2.24, 2.45) is 7.05 Å². The minimum absolute atomic E-state index is 0.347. The minimum Gasteiger partial charge on any atom is -0.338 e. The summed E-state index contributed by atoms with van der Waals surface area (Å²) in [6.07, 6.45) is 7.89. The van der Waals surface area contributed by atoms with E-state index in [9.17, 15) is 0 Å². The van der Waals surface area contributed by atoms with Gasteiger partial charge in [-0.2, -0.15) is 4.98 Å². The van der Waals surface area contributed by atoms with Gasteiger partial charge < -0.3 is 9.09 Å². The van der Waals surface area contributed by atoms with Crippen molar-refractivity contribution in [3.8, 4) is 0 Å². The Balaban J connectivity index is 1.31. The van der Waals surface area contributed by atoms with E-state index >= 15 is 0 Å². The van der Waals surface area contributed by atoms with E-state index in [4.69, 9.17) is 9.51 Å². The topological polar surface area (TPSA) is 60.0 Å². The van der Waals surface area contributed by atoms with Crippen molar-refractivity contribution in [2.45, 2.75) is 57.5 Å². The van der Waals surface area contributed by atoms with Gasteiger partial charge in [-0.25, -0.2) is 4.98 Å². The number of fused-ring (bicyclic) bond motifs is 1. The molecule has 0 N–H and O–H groups in total. The first kappa shape index (κ1) is 17.6. The van der Waals surface area contributed by atoms with Crippen LogP contribution in [0.1, 0.15) is 66.2 Å². The third-order valence-corrected chi connectivity index (χ3v) is 6.12. The predicted octanol–water partition coefficient (Wildman–Crippen LogP) is 3.61. The molecule has 0 spiro atoms. The van der Waals surface area contributed by atoms with Gasteiger partial charge in [0.05, 0.1) is 18.3 Å². The van der Waals surface area contributed by atoms with Crippen molar-refractivity contribution in [3.63, 3.8) is 0 Å². The normalized spacial score (nSPS) is 19.8. The van der Waals surface area contributed by atoms with Crippen LogP contribution in [0, 0.1) is 0 Å². The fraction of sp³-hybridized carbons (Fsp3) is 0.500. The molecule has 3 aromatic rings. The molecule has 6 nitrogen and oxygen atoms in total. The molecule has 1 atom stereocenters. The Labute approximate surface area is 165 Å². The maximum absolute atomic E-state index is 5.56. The SMILES string of the molecule is Cn1c([C@@H]2CCCN2Cc2nc(Cc3ccccc3)no2)nc2c1CCCC2. The summed E-state index contributed by atoms with van der Waals surface area (Å²) >= 11 is 0. The lowest BCUT2D eigenvalue weighted by Gasteiger charge is -2.22. The van der Waals surface area contributed by atoms with Crippen molar-refractivity contribution >= 4 is 0 Å². The van der Waals surface area contributed by atoms with E-state index in [0.717, 1.165) is 31.6 Å². The zero-order chi connectivity index (χ0) is 18.9. The lowest BCUT2D eigenvalue weighted by atomic mass is 10.0. The summed E-state index contributed by atoms with van der Waals surface area (Å²) in [5, 5.41) is 4.19. The molecule has 28 heavy (non-hydrogen) atoms. The third-order valence-electron chi connectivity index (χ3n) is 6.12. The summed E-state index contributed by atoms with van der Waals surface area (Å²) in [7, 11) is 2.19. The molecular formula is C22H27N5O. The number of rotatable bonds is 5. The second kappa shape index (κ2) is 7.51. The first-order valence-corrected chi connectivity index (χ1v) is 10.4. The van der Waals surface area contributed by atoms with Crippen molar-refractivity contribution in [1.82, 2.24) is 24.6 Å². The van der Waals surface area contributed by atoms with Crippen molar-refractivity contribution in [2.75, 3.05) is 6.54 Å². The highest BCUT2D eigenvalue weighted by Crippen LogP contribution is 2.34. The van der Waals surface area contributed by atoms with E-state index in [-0.39, 0.29) is 0 Å². The zero-order valence-electron chi connectivity index (χ0n) is 16.5. The lowest BCUT2D eigenvalue weighted by Crippen LogP contribution is -2.25. The van der Waals surface area contributed by atoms with E-state index in [2.05, 4.69) is 38.8 Å². The predicted molar refractivity (Wildman–Crippen MR) is 106 cm³/mol. The van der Waals surface area contributed by atoms with Crippen LogP contribution in [0.3, 0.4) is 0 Å². The van der Waals surface area contributed by atoms with Crippen LogP contribution in [0.2, 0.25) is 0 Å². The number of aryl methyl sites for hydroxylation is 1. The Morgan fingerprint density at radius 3 is 2.79 bits per heavy atom. The van der Waals surface area contributed by atoms with E-state index in [1.165, 1.54) is 42.0 Å². The van der Waals surface area contributed by atoms with E-state index < -0.39 is 0 Å². The number of hydrogen-bond donors (Lipinski definition) is 0. The molecule has 1 aliphatic carbocycles. The van der Waals surface area contributed by atoms with Crippen molar-refractivity contribution < 1.29 is 4.52 Å². The number of hydrogen-bond acceptors (Lipinski definition) is 5. The summed E-state index contributed by atoms with van der Waals surface area (Å²) in [4.78, 5) is 12.1. The van der Waals surface area contributed by atoms with Crippen LogP contribution in [-0.2, 0) is 32.9 Å². The standard InChI is InChI=1S/C22H27N5O/c1-26-18-11-6-5-10-17(18)23-22(26)19-12-7-13-27(19)15-21-24-20(25-28-21)14-16-8-3-2-4-9-16/h2-4,8-9,19H,5-7,10-15H2,1H3/t19-/m0/s1. The Morgan fingerprint density at radius 2 is 1.93 bits per heavy atom. The summed E-state index contributed by atoms with van der Waals surface area (Å²) < 4.78 is 7.92. The number of nitrogens with zero attached hydrogens (tertiary/aromatic N) is 5. The molecular weight excluding hydrogens is 350 g/mol. The average molecular weight is 377 g/mol. The fourth-order valence-electron chi connectivity index (χ4n) is 4.69. The van der Waals surface area contributed by atoms with Crippen LogP contribution < -0.4 is 0 Å². The molecule has 0 amide bonds. The number of likely N-dealkylation sites (tertiary alicyclic amines) is 1. The molecule has 0 unspecified atom stereocenters. The highest BCUT2D eigenvalue weighted by molar-refractivity contribution is 5.22. The maximum atomic E-state index is 5.56. The first-order valence-electron chi connectivity index (χ1n) is 10.4. The van der Waals surface area contributed by atoms with Crippen molar-refractivity contribution in [3.05, 3.63) is 64.8 Å². The number of aromatic nitrogens is 4. The molecule has 2 aromatic heterocycles. The smallest absolute Gasteiger partial charge is 0.240 e. The molecule has 6 heteroatoms. The Bertz CT molecular complexity index is 945. The van der Waals surface area contributed by atoms with Gasteiger partial charge in [0.15, 0.2) is 5.82 Å². The van der Waals surface area contributed by atoms with E-state index in [0.29, 0.717) is 24.9 Å². The molecule has 0 bridgehead atoms. The summed E-state index contributed by atoms with van der Waals surface area (Å²) in [5.74, 6) is 2.68. The lowest BCUT2D eigenvalue weighted by molar-refractivity contribution is 0.203. The van der Waals surface area contributed by atoms with Gasteiger partial charge in [0.1, 0.15) is 5.82 Å². The third kappa shape index (κ3) is 3.37. The monoisotopic (exact) mass is 377 g/mol. The van der Waals surface area contributed by atoms with Gasteiger partial charge >= 0.3 is 0 Å². The molecule has 2 aliphatic rings. The summed E-state index contributed by atoms with van der Waals surface area (Å²) in [5.41, 5.74) is 3.96. The molecule has 1 saturated heterocycles. The van der Waals surface area contributed by atoms with Crippen LogP contribution in [0.15, 0.2) is 34.9 Å². The largest absolute Gasteiger partial charge is 0.338 e. The average Bonchev–Trinajstić information content (AvgIpc) is 3.43. The van der Waals surface area contributed by atoms with Gasteiger partial charge in [-0.1, -0.05) is 35.5 Å². The Hall–Kier alpha value is -2.47. The summed E-state index contributed by atoms with van der Waals surface area (Å²) in [6.45, 7) is 1.75. The highest BCUT2D eigenvalue weighted by Gasteiger charge is 2.32. The van der Waals surface area contributed by atoms with E-state index in [1.54, 1.807) is 0 Å². The molecule has 1 aliphatic heterocycles. The molecule has 3 heterocycles.